The molecule has 0 aromatic carbocycles. The highest BCUT2D eigenvalue weighted by Gasteiger charge is 2.23. The van der Waals surface area contributed by atoms with Crippen molar-refractivity contribution < 1.29 is 0 Å². The molecule has 90 valence electrons. The first-order valence-corrected chi connectivity index (χ1v) is 7.08. The quantitative estimate of drug-likeness (QED) is 0.855. The van der Waals surface area contributed by atoms with Gasteiger partial charge in [-0.3, -0.25) is 4.90 Å². The van der Waals surface area contributed by atoms with Crippen LogP contribution < -0.4 is 5.73 Å². The molecular formula is C12H21N3S. The van der Waals surface area contributed by atoms with Gasteiger partial charge < -0.3 is 5.73 Å². The standard InChI is InChI=1S/C12H21N3S/c1-2-4-12-14-10(9-16-12)8-15-6-3-5-11(15)7-13/h9,11H,2-8,13H2,1H3. The predicted molar refractivity (Wildman–Crippen MR) is 68.6 cm³/mol. The molecular weight excluding hydrogens is 218 g/mol. The summed E-state index contributed by atoms with van der Waals surface area (Å²) in [6.45, 7) is 5.16. The average Bonchev–Trinajstić information content (AvgIpc) is 2.89. The fourth-order valence-electron chi connectivity index (χ4n) is 2.33. The Morgan fingerprint density at radius 3 is 3.25 bits per heavy atom. The molecule has 0 aliphatic carbocycles. The number of thiazole rings is 1. The maximum Gasteiger partial charge on any atom is 0.0928 e. The van der Waals surface area contributed by atoms with Gasteiger partial charge in [0.2, 0.25) is 0 Å². The molecule has 1 aliphatic rings. The summed E-state index contributed by atoms with van der Waals surface area (Å²) in [5.41, 5.74) is 7.00. The van der Waals surface area contributed by atoms with Crippen LogP contribution >= 0.6 is 11.3 Å². The van der Waals surface area contributed by atoms with Crippen molar-refractivity contribution in [3.8, 4) is 0 Å². The van der Waals surface area contributed by atoms with Crippen LogP contribution in [0, 0.1) is 0 Å². The zero-order chi connectivity index (χ0) is 11.4. The van der Waals surface area contributed by atoms with Gasteiger partial charge in [-0.15, -0.1) is 11.3 Å². The largest absolute Gasteiger partial charge is 0.329 e. The fraction of sp³-hybridized carbons (Fsp3) is 0.750. The molecule has 1 atom stereocenters. The van der Waals surface area contributed by atoms with E-state index in [9.17, 15) is 0 Å². The number of nitrogens with two attached hydrogens (primary N) is 1. The van der Waals surface area contributed by atoms with E-state index in [1.807, 2.05) is 0 Å². The number of aromatic nitrogens is 1. The van der Waals surface area contributed by atoms with Crippen LogP contribution in [0.25, 0.3) is 0 Å². The molecule has 4 heteroatoms. The smallest absolute Gasteiger partial charge is 0.0928 e. The molecule has 2 heterocycles. The molecule has 1 aliphatic heterocycles. The van der Waals surface area contributed by atoms with Crippen LogP contribution in [0.5, 0.6) is 0 Å². The van der Waals surface area contributed by atoms with E-state index in [1.165, 1.54) is 36.5 Å². The highest BCUT2D eigenvalue weighted by atomic mass is 32.1. The topological polar surface area (TPSA) is 42.2 Å². The first-order chi connectivity index (χ1) is 7.83. The Bertz CT molecular complexity index is 324. The van der Waals surface area contributed by atoms with Gasteiger partial charge in [0.25, 0.3) is 0 Å². The Kier molecular flexibility index (Phi) is 4.32. The van der Waals surface area contributed by atoms with E-state index in [4.69, 9.17) is 5.73 Å². The fourth-order valence-corrected chi connectivity index (χ4v) is 3.22. The molecule has 2 rings (SSSR count). The SMILES string of the molecule is CCCc1nc(CN2CCCC2CN)cs1. The number of rotatable bonds is 5. The highest BCUT2D eigenvalue weighted by Crippen LogP contribution is 2.20. The van der Waals surface area contributed by atoms with E-state index in [-0.39, 0.29) is 0 Å². The van der Waals surface area contributed by atoms with Crippen LogP contribution in [0.4, 0.5) is 0 Å². The number of aryl methyl sites for hydroxylation is 1. The van der Waals surface area contributed by atoms with Crippen molar-refractivity contribution in [3.63, 3.8) is 0 Å². The number of hydrogen-bond acceptors (Lipinski definition) is 4. The Balaban J connectivity index is 1.92. The van der Waals surface area contributed by atoms with Gasteiger partial charge in [0.05, 0.1) is 10.7 Å². The van der Waals surface area contributed by atoms with Crippen LogP contribution in [0.15, 0.2) is 5.38 Å². The Hall–Kier alpha value is -0.450. The van der Waals surface area contributed by atoms with Gasteiger partial charge in [-0.25, -0.2) is 4.98 Å². The molecule has 0 saturated carbocycles. The van der Waals surface area contributed by atoms with Crippen LogP contribution in [0.1, 0.15) is 36.9 Å². The second kappa shape index (κ2) is 5.75. The van der Waals surface area contributed by atoms with Crippen molar-refractivity contribution in [3.05, 3.63) is 16.1 Å². The van der Waals surface area contributed by atoms with Crippen molar-refractivity contribution >= 4 is 11.3 Å². The summed E-state index contributed by atoms with van der Waals surface area (Å²) >= 11 is 1.80. The van der Waals surface area contributed by atoms with Gasteiger partial charge in [0.15, 0.2) is 0 Å². The molecule has 1 aromatic rings. The second-order valence-electron chi connectivity index (χ2n) is 4.48. The third-order valence-corrected chi connectivity index (χ3v) is 4.16. The zero-order valence-corrected chi connectivity index (χ0v) is 10.8. The van der Waals surface area contributed by atoms with Gasteiger partial charge in [-0.2, -0.15) is 0 Å². The van der Waals surface area contributed by atoms with E-state index < -0.39 is 0 Å². The van der Waals surface area contributed by atoms with Gasteiger partial charge in [-0.05, 0) is 32.2 Å². The number of hydrogen-bond donors (Lipinski definition) is 1. The van der Waals surface area contributed by atoms with Crippen LogP contribution in [0.2, 0.25) is 0 Å². The number of nitrogens with zero attached hydrogens (tertiary/aromatic N) is 2. The lowest BCUT2D eigenvalue weighted by molar-refractivity contribution is 0.247. The van der Waals surface area contributed by atoms with E-state index >= 15 is 0 Å². The third-order valence-electron chi connectivity index (χ3n) is 3.20. The van der Waals surface area contributed by atoms with Crippen molar-refractivity contribution in [1.82, 2.24) is 9.88 Å². The van der Waals surface area contributed by atoms with Crippen molar-refractivity contribution in [2.24, 2.45) is 5.73 Å². The molecule has 3 nitrogen and oxygen atoms in total. The molecule has 0 bridgehead atoms. The van der Waals surface area contributed by atoms with Crippen LogP contribution in [-0.4, -0.2) is 29.0 Å². The second-order valence-corrected chi connectivity index (χ2v) is 5.43. The molecule has 16 heavy (non-hydrogen) atoms. The Morgan fingerprint density at radius 1 is 1.62 bits per heavy atom. The maximum absolute atomic E-state index is 5.77. The summed E-state index contributed by atoms with van der Waals surface area (Å²) in [5, 5.41) is 3.48. The summed E-state index contributed by atoms with van der Waals surface area (Å²) in [6, 6.07) is 0.580. The summed E-state index contributed by atoms with van der Waals surface area (Å²) in [5.74, 6) is 0. The summed E-state index contributed by atoms with van der Waals surface area (Å²) < 4.78 is 0. The average molecular weight is 239 g/mol. The van der Waals surface area contributed by atoms with E-state index in [1.54, 1.807) is 11.3 Å². The summed E-state index contributed by atoms with van der Waals surface area (Å²) in [6.07, 6.45) is 4.84. The molecule has 2 N–H and O–H groups in total. The first kappa shape index (κ1) is 12.0. The lowest BCUT2D eigenvalue weighted by Gasteiger charge is -2.21. The lowest BCUT2D eigenvalue weighted by Crippen LogP contribution is -2.34. The maximum atomic E-state index is 5.77. The van der Waals surface area contributed by atoms with Crippen molar-refractivity contribution in [2.75, 3.05) is 13.1 Å². The molecule has 0 radical (unpaired) electrons. The summed E-state index contributed by atoms with van der Waals surface area (Å²) in [7, 11) is 0. The first-order valence-electron chi connectivity index (χ1n) is 6.21. The van der Waals surface area contributed by atoms with Crippen molar-refractivity contribution in [2.45, 2.75) is 45.2 Å². The number of likely N-dealkylation sites (tertiary alicyclic amines) is 1. The minimum absolute atomic E-state index is 0.580. The zero-order valence-electron chi connectivity index (χ0n) is 9.98. The summed E-state index contributed by atoms with van der Waals surface area (Å²) in [4.78, 5) is 7.15. The molecule has 0 spiro atoms. The molecule has 1 unspecified atom stereocenters. The molecule has 1 fully saturated rings. The Labute approximate surface area is 102 Å². The minimum Gasteiger partial charge on any atom is -0.329 e. The van der Waals surface area contributed by atoms with Crippen LogP contribution in [0.3, 0.4) is 0 Å². The lowest BCUT2D eigenvalue weighted by atomic mass is 10.2. The normalized spacial score (nSPS) is 21.8. The van der Waals surface area contributed by atoms with E-state index in [0.717, 1.165) is 19.5 Å². The van der Waals surface area contributed by atoms with E-state index in [0.29, 0.717) is 6.04 Å². The molecule has 1 saturated heterocycles. The minimum atomic E-state index is 0.580. The van der Waals surface area contributed by atoms with Gasteiger partial charge in [-0.1, -0.05) is 6.92 Å². The predicted octanol–water partition coefficient (Wildman–Crippen LogP) is 2.02. The highest BCUT2D eigenvalue weighted by molar-refractivity contribution is 7.09. The van der Waals surface area contributed by atoms with Crippen molar-refractivity contribution in [1.29, 1.82) is 0 Å². The molecule has 1 aromatic heterocycles. The van der Waals surface area contributed by atoms with Gasteiger partial charge in [0.1, 0.15) is 0 Å². The molecule has 0 amide bonds. The van der Waals surface area contributed by atoms with Gasteiger partial charge >= 0.3 is 0 Å². The monoisotopic (exact) mass is 239 g/mol. The Morgan fingerprint density at radius 2 is 2.50 bits per heavy atom. The van der Waals surface area contributed by atoms with Gasteiger partial charge in [0, 0.05) is 24.5 Å². The third kappa shape index (κ3) is 2.81. The van der Waals surface area contributed by atoms with Crippen LogP contribution in [-0.2, 0) is 13.0 Å². The van der Waals surface area contributed by atoms with E-state index in [2.05, 4.69) is 22.2 Å².